The van der Waals surface area contributed by atoms with Crippen LogP contribution in [-0.2, 0) is 12.0 Å². The molecule has 0 heterocycles. The maximum absolute atomic E-state index is 5.46. The maximum atomic E-state index is 5.46. The zero-order chi connectivity index (χ0) is 14.6. The van der Waals surface area contributed by atoms with E-state index in [9.17, 15) is 0 Å². The first kappa shape index (κ1) is 14.4. The lowest BCUT2D eigenvalue weighted by atomic mass is 9.86. The summed E-state index contributed by atoms with van der Waals surface area (Å²) in [4.78, 5) is 0. The predicted octanol–water partition coefficient (Wildman–Crippen LogP) is 4.60. The molecule has 106 valence electrons. The smallest absolute Gasteiger partial charge is 0.123 e. The van der Waals surface area contributed by atoms with E-state index in [2.05, 4.69) is 56.4 Å². The number of hydrogen-bond donors (Lipinski definition) is 1. The average molecular weight is 269 g/mol. The van der Waals surface area contributed by atoms with Gasteiger partial charge in [-0.2, -0.15) is 0 Å². The van der Waals surface area contributed by atoms with Gasteiger partial charge in [0.05, 0.1) is 7.11 Å². The van der Waals surface area contributed by atoms with E-state index in [4.69, 9.17) is 4.74 Å². The standard InChI is InChI=1S/C18H23NO/c1-18(2,3)15-10-11-17(20-4)14(12-15)13-19-16-8-6-5-7-9-16/h5-12,19H,13H2,1-4H3. The van der Waals surface area contributed by atoms with Crippen LogP contribution in [0.2, 0.25) is 0 Å². The summed E-state index contributed by atoms with van der Waals surface area (Å²) in [5, 5.41) is 3.43. The fourth-order valence-corrected chi connectivity index (χ4v) is 2.14. The van der Waals surface area contributed by atoms with Gasteiger partial charge in [-0.1, -0.05) is 45.0 Å². The Morgan fingerprint density at radius 1 is 1.00 bits per heavy atom. The topological polar surface area (TPSA) is 21.3 Å². The van der Waals surface area contributed by atoms with Crippen LogP contribution in [0.15, 0.2) is 48.5 Å². The van der Waals surface area contributed by atoms with Crippen LogP contribution in [0.3, 0.4) is 0 Å². The molecule has 2 rings (SSSR count). The molecule has 20 heavy (non-hydrogen) atoms. The number of hydrogen-bond acceptors (Lipinski definition) is 2. The van der Waals surface area contributed by atoms with Gasteiger partial charge in [0.1, 0.15) is 5.75 Å². The Kier molecular flexibility index (Phi) is 4.33. The maximum Gasteiger partial charge on any atom is 0.123 e. The fraction of sp³-hybridized carbons (Fsp3) is 0.333. The van der Waals surface area contributed by atoms with E-state index < -0.39 is 0 Å². The van der Waals surface area contributed by atoms with E-state index in [0.717, 1.165) is 18.0 Å². The number of nitrogens with one attached hydrogen (secondary N) is 1. The van der Waals surface area contributed by atoms with Gasteiger partial charge in [0.25, 0.3) is 0 Å². The second-order valence-corrected chi connectivity index (χ2v) is 6.00. The molecule has 0 saturated carbocycles. The molecule has 0 aromatic heterocycles. The van der Waals surface area contributed by atoms with Crippen molar-refractivity contribution in [3.05, 3.63) is 59.7 Å². The lowest BCUT2D eigenvalue weighted by Crippen LogP contribution is -2.12. The minimum atomic E-state index is 0.147. The molecular formula is C18H23NO. The monoisotopic (exact) mass is 269 g/mol. The predicted molar refractivity (Wildman–Crippen MR) is 85.5 cm³/mol. The summed E-state index contributed by atoms with van der Waals surface area (Å²) in [5.74, 6) is 0.932. The third-order valence-corrected chi connectivity index (χ3v) is 3.40. The highest BCUT2D eigenvalue weighted by atomic mass is 16.5. The van der Waals surface area contributed by atoms with Crippen LogP contribution in [0.5, 0.6) is 5.75 Å². The van der Waals surface area contributed by atoms with Crippen LogP contribution in [0.4, 0.5) is 5.69 Å². The summed E-state index contributed by atoms with van der Waals surface area (Å²) in [7, 11) is 1.72. The second kappa shape index (κ2) is 6.00. The first-order valence-corrected chi connectivity index (χ1v) is 6.97. The largest absolute Gasteiger partial charge is 0.496 e. The summed E-state index contributed by atoms with van der Waals surface area (Å²) >= 11 is 0. The van der Waals surface area contributed by atoms with Crippen molar-refractivity contribution in [2.45, 2.75) is 32.7 Å². The number of benzene rings is 2. The minimum absolute atomic E-state index is 0.147. The minimum Gasteiger partial charge on any atom is -0.496 e. The Balaban J connectivity index is 2.21. The van der Waals surface area contributed by atoms with Crippen LogP contribution < -0.4 is 10.1 Å². The van der Waals surface area contributed by atoms with Crippen LogP contribution >= 0.6 is 0 Å². The third kappa shape index (κ3) is 3.53. The Morgan fingerprint density at radius 2 is 1.70 bits per heavy atom. The highest BCUT2D eigenvalue weighted by Gasteiger charge is 2.15. The number of methoxy groups -OCH3 is 1. The molecule has 0 saturated heterocycles. The van der Waals surface area contributed by atoms with Gasteiger partial charge >= 0.3 is 0 Å². The highest BCUT2D eigenvalue weighted by Crippen LogP contribution is 2.28. The molecule has 0 atom stereocenters. The molecule has 2 aromatic rings. The highest BCUT2D eigenvalue weighted by molar-refractivity contribution is 5.46. The summed E-state index contributed by atoms with van der Waals surface area (Å²) in [6.45, 7) is 7.44. The first-order valence-electron chi connectivity index (χ1n) is 6.97. The third-order valence-electron chi connectivity index (χ3n) is 3.40. The number of anilines is 1. The molecule has 0 radical (unpaired) electrons. The Morgan fingerprint density at radius 3 is 2.30 bits per heavy atom. The molecule has 2 aromatic carbocycles. The zero-order valence-electron chi connectivity index (χ0n) is 12.7. The van der Waals surface area contributed by atoms with Gasteiger partial charge in [-0.3, -0.25) is 0 Å². The molecule has 2 nitrogen and oxygen atoms in total. The fourth-order valence-electron chi connectivity index (χ4n) is 2.14. The van der Waals surface area contributed by atoms with Gasteiger partial charge < -0.3 is 10.1 Å². The molecule has 1 N–H and O–H groups in total. The van der Waals surface area contributed by atoms with Crippen molar-refractivity contribution in [3.63, 3.8) is 0 Å². The van der Waals surface area contributed by atoms with Crippen molar-refractivity contribution in [1.82, 2.24) is 0 Å². The lowest BCUT2D eigenvalue weighted by molar-refractivity contribution is 0.409. The molecule has 0 fully saturated rings. The van der Waals surface area contributed by atoms with Gasteiger partial charge in [0.2, 0.25) is 0 Å². The Hall–Kier alpha value is -1.96. The number of para-hydroxylation sites is 1. The van der Waals surface area contributed by atoms with Gasteiger partial charge in [0.15, 0.2) is 0 Å². The van der Waals surface area contributed by atoms with Crippen LogP contribution in [-0.4, -0.2) is 7.11 Å². The van der Waals surface area contributed by atoms with Gasteiger partial charge in [-0.05, 0) is 35.2 Å². The van der Waals surface area contributed by atoms with Gasteiger partial charge in [0, 0.05) is 17.8 Å². The molecule has 0 aliphatic rings. The van der Waals surface area contributed by atoms with Crippen molar-refractivity contribution >= 4 is 5.69 Å². The number of rotatable bonds is 4. The summed E-state index contributed by atoms with van der Waals surface area (Å²) in [5.41, 5.74) is 3.77. The zero-order valence-corrected chi connectivity index (χ0v) is 12.7. The van der Waals surface area contributed by atoms with Gasteiger partial charge in [-0.25, -0.2) is 0 Å². The van der Waals surface area contributed by atoms with Crippen LogP contribution in [0.25, 0.3) is 0 Å². The number of ether oxygens (including phenoxy) is 1. The molecule has 0 aliphatic carbocycles. The van der Waals surface area contributed by atoms with E-state index in [1.165, 1.54) is 11.1 Å². The summed E-state index contributed by atoms with van der Waals surface area (Å²) in [6, 6.07) is 16.7. The molecule has 0 aliphatic heterocycles. The normalized spacial score (nSPS) is 11.2. The SMILES string of the molecule is COc1ccc(C(C)(C)C)cc1CNc1ccccc1. The molecule has 0 unspecified atom stereocenters. The van der Waals surface area contributed by atoms with E-state index in [-0.39, 0.29) is 5.41 Å². The van der Waals surface area contributed by atoms with Crippen molar-refractivity contribution in [3.8, 4) is 5.75 Å². The summed E-state index contributed by atoms with van der Waals surface area (Å²) in [6.07, 6.45) is 0. The first-order chi connectivity index (χ1) is 9.50. The van der Waals surface area contributed by atoms with Crippen molar-refractivity contribution in [1.29, 1.82) is 0 Å². The molecule has 0 spiro atoms. The Labute approximate surface area is 121 Å². The van der Waals surface area contributed by atoms with E-state index in [0.29, 0.717) is 0 Å². The van der Waals surface area contributed by atoms with Crippen molar-refractivity contribution in [2.24, 2.45) is 0 Å². The second-order valence-electron chi connectivity index (χ2n) is 6.00. The molecular weight excluding hydrogens is 246 g/mol. The quantitative estimate of drug-likeness (QED) is 0.875. The van der Waals surface area contributed by atoms with E-state index >= 15 is 0 Å². The van der Waals surface area contributed by atoms with Crippen molar-refractivity contribution < 1.29 is 4.74 Å². The molecule has 2 heteroatoms. The van der Waals surface area contributed by atoms with Crippen LogP contribution in [0.1, 0.15) is 31.9 Å². The molecule has 0 bridgehead atoms. The lowest BCUT2D eigenvalue weighted by Gasteiger charge is -2.21. The van der Waals surface area contributed by atoms with Crippen molar-refractivity contribution in [2.75, 3.05) is 12.4 Å². The van der Waals surface area contributed by atoms with Gasteiger partial charge in [-0.15, -0.1) is 0 Å². The van der Waals surface area contributed by atoms with Crippen LogP contribution in [0, 0.1) is 0 Å². The summed E-state index contributed by atoms with van der Waals surface area (Å²) < 4.78 is 5.46. The van der Waals surface area contributed by atoms with E-state index in [1.54, 1.807) is 7.11 Å². The Bertz CT molecular complexity index is 555. The molecule has 0 amide bonds. The average Bonchev–Trinajstić information content (AvgIpc) is 2.45. The van der Waals surface area contributed by atoms with E-state index in [1.807, 2.05) is 18.2 Å².